The van der Waals surface area contributed by atoms with Crippen molar-refractivity contribution in [1.82, 2.24) is 4.90 Å². The largest absolute Gasteiger partial charge is 0.497 e. The number of hydrogen-bond donors (Lipinski definition) is 1. The summed E-state index contributed by atoms with van der Waals surface area (Å²) in [6.45, 7) is 4.96. The maximum absolute atomic E-state index is 12.4. The van der Waals surface area contributed by atoms with Crippen LogP contribution in [0.4, 0.5) is 5.69 Å². The minimum atomic E-state index is -0.460. The highest BCUT2D eigenvalue weighted by molar-refractivity contribution is 8.15. The van der Waals surface area contributed by atoms with Crippen molar-refractivity contribution in [2.24, 2.45) is 4.99 Å². The molecule has 1 aromatic rings. The van der Waals surface area contributed by atoms with Gasteiger partial charge in [-0.15, -0.1) is 0 Å². The Balaban J connectivity index is 2.06. The number of hydrogen-bond acceptors (Lipinski definition) is 5. The molecule has 7 heteroatoms. The molecule has 23 heavy (non-hydrogen) atoms. The number of amidine groups is 1. The third kappa shape index (κ3) is 4.25. The SMILES string of the molecule is CCN=C1S[C@@H](C(=O)Nc2ccc(OC)cc2)CC(=O)N1CC. The highest BCUT2D eigenvalue weighted by Gasteiger charge is 2.34. The standard InChI is InChI=1S/C16H21N3O3S/c1-4-17-16-19(5-2)14(20)10-13(23-16)15(21)18-11-6-8-12(22-3)9-7-11/h6-9,13H,4-5,10H2,1-3H3,(H,18,21)/t13-/m1/s1. The van der Waals surface area contributed by atoms with E-state index in [0.717, 1.165) is 5.75 Å². The Bertz CT molecular complexity index is 601. The molecule has 1 heterocycles. The predicted molar refractivity (Wildman–Crippen MR) is 93.0 cm³/mol. The third-order valence-corrected chi connectivity index (χ3v) is 4.62. The summed E-state index contributed by atoms with van der Waals surface area (Å²) in [4.78, 5) is 30.6. The first-order valence-electron chi connectivity index (χ1n) is 7.55. The zero-order valence-electron chi connectivity index (χ0n) is 13.5. The van der Waals surface area contributed by atoms with Crippen LogP contribution in [-0.2, 0) is 9.59 Å². The lowest BCUT2D eigenvalue weighted by Crippen LogP contribution is -2.45. The molecule has 1 atom stereocenters. The molecule has 1 saturated heterocycles. The van der Waals surface area contributed by atoms with E-state index in [1.807, 2.05) is 13.8 Å². The van der Waals surface area contributed by atoms with Crippen LogP contribution in [0.1, 0.15) is 20.3 Å². The fraction of sp³-hybridized carbons (Fsp3) is 0.438. The van der Waals surface area contributed by atoms with Gasteiger partial charge in [0.25, 0.3) is 0 Å². The Morgan fingerprint density at radius 1 is 1.39 bits per heavy atom. The summed E-state index contributed by atoms with van der Waals surface area (Å²) in [5, 5.41) is 3.00. The molecule has 0 bridgehead atoms. The van der Waals surface area contributed by atoms with E-state index < -0.39 is 5.25 Å². The lowest BCUT2D eigenvalue weighted by atomic mass is 10.2. The van der Waals surface area contributed by atoms with Crippen molar-refractivity contribution in [3.63, 3.8) is 0 Å². The molecule has 1 N–H and O–H groups in total. The van der Waals surface area contributed by atoms with Crippen molar-refractivity contribution in [2.45, 2.75) is 25.5 Å². The van der Waals surface area contributed by atoms with Gasteiger partial charge in [0.2, 0.25) is 11.8 Å². The second-order valence-electron chi connectivity index (χ2n) is 4.92. The molecule has 0 saturated carbocycles. The van der Waals surface area contributed by atoms with Crippen LogP contribution in [0, 0.1) is 0 Å². The number of thioether (sulfide) groups is 1. The van der Waals surface area contributed by atoms with E-state index in [2.05, 4.69) is 10.3 Å². The number of amides is 2. The second kappa shape index (κ2) is 8.01. The third-order valence-electron chi connectivity index (χ3n) is 3.40. The predicted octanol–water partition coefficient (Wildman–Crippen LogP) is 2.36. The molecular weight excluding hydrogens is 314 g/mol. The average Bonchev–Trinajstić information content (AvgIpc) is 2.55. The molecule has 1 aromatic carbocycles. The van der Waals surface area contributed by atoms with Crippen LogP contribution in [0.3, 0.4) is 0 Å². The van der Waals surface area contributed by atoms with E-state index in [1.54, 1.807) is 36.3 Å². The lowest BCUT2D eigenvalue weighted by Gasteiger charge is -2.30. The second-order valence-corrected chi connectivity index (χ2v) is 6.09. The van der Waals surface area contributed by atoms with Gasteiger partial charge in [0.05, 0.1) is 7.11 Å². The van der Waals surface area contributed by atoms with Crippen molar-refractivity contribution in [1.29, 1.82) is 0 Å². The average molecular weight is 335 g/mol. The summed E-state index contributed by atoms with van der Waals surface area (Å²) in [5.74, 6) is 0.475. The van der Waals surface area contributed by atoms with Crippen molar-refractivity contribution >= 4 is 34.4 Å². The molecule has 0 aliphatic carbocycles. The molecule has 124 valence electrons. The van der Waals surface area contributed by atoms with Crippen LogP contribution in [0.2, 0.25) is 0 Å². The van der Waals surface area contributed by atoms with Crippen molar-refractivity contribution in [2.75, 3.05) is 25.5 Å². The number of benzene rings is 1. The summed E-state index contributed by atoms with van der Waals surface area (Å²) in [7, 11) is 1.59. The molecule has 2 rings (SSSR count). The lowest BCUT2D eigenvalue weighted by molar-refractivity contribution is -0.129. The van der Waals surface area contributed by atoms with Crippen molar-refractivity contribution < 1.29 is 14.3 Å². The molecule has 0 unspecified atom stereocenters. The fourth-order valence-corrected chi connectivity index (χ4v) is 3.43. The normalized spacial score (nSPS) is 19.8. The summed E-state index contributed by atoms with van der Waals surface area (Å²) in [6.07, 6.45) is 0.184. The van der Waals surface area contributed by atoms with Gasteiger partial charge in [-0.1, -0.05) is 11.8 Å². The topological polar surface area (TPSA) is 71.0 Å². The van der Waals surface area contributed by atoms with E-state index in [0.29, 0.717) is 23.9 Å². The Hall–Kier alpha value is -2.02. The maximum atomic E-state index is 12.4. The molecule has 0 aromatic heterocycles. The minimum absolute atomic E-state index is 0.0617. The van der Waals surface area contributed by atoms with Crippen LogP contribution < -0.4 is 10.1 Å². The minimum Gasteiger partial charge on any atom is -0.497 e. The number of nitrogens with one attached hydrogen (secondary N) is 1. The number of carbonyl (C=O) groups excluding carboxylic acids is 2. The molecule has 0 radical (unpaired) electrons. The fourth-order valence-electron chi connectivity index (χ4n) is 2.22. The van der Waals surface area contributed by atoms with Gasteiger partial charge in [0.15, 0.2) is 5.17 Å². The van der Waals surface area contributed by atoms with Gasteiger partial charge >= 0.3 is 0 Å². The quantitative estimate of drug-likeness (QED) is 0.897. The van der Waals surface area contributed by atoms with Gasteiger partial charge in [-0.05, 0) is 38.1 Å². The first-order chi connectivity index (χ1) is 11.1. The van der Waals surface area contributed by atoms with Gasteiger partial charge in [0.1, 0.15) is 11.0 Å². The summed E-state index contributed by atoms with van der Waals surface area (Å²) in [6, 6.07) is 7.09. The van der Waals surface area contributed by atoms with Crippen LogP contribution in [-0.4, -0.2) is 47.3 Å². The van der Waals surface area contributed by atoms with Crippen molar-refractivity contribution in [3.05, 3.63) is 24.3 Å². The Morgan fingerprint density at radius 2 is 2.09 bits per heavy atom. The molecule has 1 fully saturated rings. The smallest absolute Gasteiger partial charge is 0.238 e. The Labute approximate surface area is 140 Å². The highest BCUT2D eigenvalue weighted by atomic mass is 32.2. The number of ether oxygens (including phenoxy) is 1. The van der Waals surface area contributed by atoms with E-state index >= 15 is 0 Å². The number of methoxy groups -OCH3 is 1. The summed E-state index contributed by atoms with van der Waals surface area (Å²) in [5.41, 5.74) is 0.677. The van der Waals surface area contributed by atoms with Crippen molar-refractivity contribution in [3.8, 4) is 5.75 Å². The number of rotatable bonds is 5. The van der Waals surface area contributed by atoms with E-state index in [9.17, 15) is 9.59 Å². The number of anilines is 1. The zero-order chi connectivity index (χ0) is 16.8. The van der Waals surface area contributed by atoms with Crippen LogP contribution in [0.15, 0.2) is 29.3 Å². The van der Waals surface area contributed by atoms with E-state index in [-0.39, 0.29) is 18.2 Å². The first kappa shape index (κ1) is 17.3. The molecule has 6 nitrogen and oxygen atoms in total. The molecule has 1 aliphatic rings. The highest BCUT2D eigenvalue weighted by Crippen LogP contribution is 2.27. The van der Waals surface area contributed by atoms with Crippen LogP contribution >= 0.6 is 11.8 Å². The zero-order valence-corrected chi connectivity index (χ0v) is 14.4. The van der Waals surface area contributed by atoms with Gasteiger partial charge in [-0.3, -0.25) is 19.5 Å². The Morgan fingerprint density at radius 3 is 2.65 bits per heavy atom. The van der Waals surface area contributed by atoms with Crippen LogP contribution in [0.5, 0.6) is 5.75 Å². The van der Waals surface area contributed by atoms with Gasteiger partial charge in [0, 0.05) is 25.2 Å². The first-order valence-corrected chi connectivity index (χ1v) is 8.43. The summed E-state index contributed by atoms with van der Waals surface area (Å²) < 4.78 is 5.09. The van der Waals surface area contributed by atoms with Crippen LogP contribution in [0.25, 0.3) is 0 Å². The number of nitrogens with zero attached hydrogens (tertiary/aromatic N) is 2. The molecule has 2 amide bonds. The maximum Gasteiger partial charge on any atom is 0.238 e. The van der Waals surface area contributed by atoms with Gasteiger partial charge in [-0.2, -0.15) is 0 Å². The molecular formula is C16H21N3O3S. The Kier molecular flexibility index (Phi) is 6.04. The van der Waals surface area contributed by atoms with E-state index in [1.165, 1.54) is 11.8 Å². The molecule has 0 spiro atoms. The van der Waals surface area contributed by atoms with Gasteiger partial charge in [-0.25, -0.2) is 0 Å². The summed E-state index contributed by atoms with van der Waals surface area (Å²) >= 11 is 1.35. The number of carbonyl (C=O) groups is 2. The number of aliphatic imine (C=N–C) groups is 1. The van der Waals surface area contributed by atoms with E-state index in [4.69, 9.17) is 4.74 Å². The van der Waals surface area contributed by atoms with Gasteiger partial charge < -0.3 is 10.1 Å². The monoisotopic (exact) mass is 335 g/mol. The molecule has 1 aliphatic heterocycles.